The fourth-order valence-electron chi connectivity index (χ4n) is 4.47. The molecular formula is C27H32N2O3S. The van der Waals surface area contributed by atoms with E-state index in [-0.39, 0.29) is 6.04 Å². The normalized spacial score (nSPS) is 15.3. The third kappa shape index (κ3) is 5.40. The Labute approximate surface area is 197 Å². The molecule has 1 aliphatic heterocycles. The zero-order chi connectivity index (χ0) is 23.3. The molecule has 0 spiro atoms. The van der Waals surface area contributed by atoms with Crippen LogP contribution in [0, 0.1) is 0 Å². The highest BCUT2D eigenvalue weighted by Gasteiger charge is 2.34. The lowest BCUT2D eigenvalue weighted by Crippen LogP contribution is -2.47. The molecule has 3 aromatic rings. The summed E-state index contributed by atoms with van der Waals surface area (Å²) in [5, 5.41) is 0. The monoisotopic (exact) mass is 464 g/mol. The second kappa shape index (κ2) is 10.4. The first kappa shape index (κ1) is 23.3. The van der Waals surface area contributed by atoms with Crippen LogP contribution in [0.5, 0.6) is 5.75 Å². The number of nitrogens with zero attached hydrogens (tertiary/aromatic N) is 2. The Morgan fingerprint density at radius 3 is 2.24 bits per heavy atom. The summed E-state index contributed by atoms with van der Waals surface area (Å²) in [6, 6.07) is 24.8. The average Bonchev–Trinajstić information content (AvgIpc) is 2.86. The third-order valence-electron chi connectivity index (χ3n) is 6.33. The third-order valence-corrected chi connectivity index (χ3v) is 8.22. The first-order valence-corrected chi connectivity index (χ1v) is 13.0. The number of benzene rings is 3. The number of piperidine rings is 1. The van der Waals surface area contributed by atoms with E-state index in [1.54, 1.807) is 35.7 Å². The highest BCUT2D eigenvalue weighted by atomic mass is 32.2. The SMILES string of the molecule is CCc1ccc(N(C2CCN(Cc3cccc(OC)c3)CC2)S(=O)(=O)c2ccccc2)cc1. The number of ether oxygens (including phenoxy) is 1. The Morgan fingerprint density at radius 2 is 1.61 bits per heavy atom. The van der Waals surface area contributed by atoms with Crippen LogP contribution in [0.4, 0.5) is 5.69 Å². The Morgan fingerprint density at radius 1 is 0.909 bits per heavy atom. The molecule has 0 aliphatic carbocycles. The van der Waals surface area contributed by atoms with Gasteiger partial charge in [-0.05, 0) is 66.8 Å². The molecule has 174 valence electrons. The van der Waals surface area contributed by atoms with Gasteiger partial charge in [-0.2, -0.15) is 0 Å². The largest absolute Gasteiger partial charge is 0.497 e. The van der Waals surface area contributed by atoms with Gasteiger partial charge in [-0.1, -0.05) is 49.4 Å². The molecule has 1 heterocycles. The van der Waals surface area contributed by atoms with Crippen LogP contribution >= 0.6 is 0 Å². The molecule has 0 bridgehead atoms. The van der Waals surface area contributed by atoms with Gasteiger partial charge in [0.25, 0.3) is 10.0 Å². The molecule has 0 atom stereocenters. The highest BCUT2D eigenvalue weighted by molar-refractivity contribution is 7.92. The molecule has 4 rings (SSSR count). The van der Waals surface area contributed by atoms with E-state index in [2.05, 4.69) is 24.0 Å². The van der Waals surface area contributed by atoms with Crippen molar-refractivity contribution in [2.24, 2.45) is 0 Å². The summed E-state index contributed by atoms with van der Waals surface area (Å²) in [7, 11) is -1.98. The molecule has 0 saturated carbocycles. The molecule has 0 unspecified atom stereocenters. The summed E-state index contributed by atoms with van der Waals surface area (Å²) >= 11 is 0. The molecule has 33 heavy (non-hydrogen) atoms. The van der Waals surface area contributed by atoms with Crippen molar-refractivity contribution in [1.82, 2.24) is 4.90 Å². The smallest absolute Gasteiger partial charge is 0.264 e. The Bertz CT molecular complexity index is 1140. The molecule has 3 aromatic carbocycles. The van der Waals surface area contributed by atoms with Gasteiger partial charge in [0.2, 0.25) is 0 Å². The van der Waals surface area contributed by atoms with E-state index < -0.39 is 10.0 Å². The molecule has 6 heteroatoms. The topological polar surface area (TPSA) is 49.9 Å². The predicted molar refractivity (Wildman–Crippen MR) is 133 cm³/mol. The van der Waals surface area contributed by atoms with Gasteiger partial charge >= 0.3 is 0 Å². The summed E-state index contributed by atoms with van der Waals surface area (Å²) in [5.74, 6) is 0.859. The van der Waals surface area contributed by atoms with Crippen molar-refractivity contribution in [3.8, 4) is 5.75 Å². The zero-order valence-corrected chi connectivity index (χ0v) is 20.2. The number of aryl methyl sites for hydroxylation is 1. The number of hydrogen-bond acceptors (Lipinski definition) is 4. The molecule has 0 N–H and O–H groups in total. The first-order valence-electron chi connectivity index (χ1n) is 11.5. The first-order chi connectivity index (χ1) is 16.0. The van der Waals surface area contributed by atoms with Crippen LogP contribution in [0.1, 0.15) is 30.9 Å². The summed E-state index contributed by atoms with van der Waals surface area (Å²) in [6.45, 7) is 4.62. The van der Waals surface area contributed by atoms with Crippen molar-refractivity contribution in [3.05, 3.63) is 90.0 Å². The van der Waals surface area contributed by atoms with Gasteiger partial charge in [-0.15, -0.1) is 0 Å². The van der Waals surface area contributed by atoms with Crippen LogP contribution < -0.4 is 9.04 Å². The van der Waals surface area contributed by atoms with Crippen molar-refractivity contribution < 1.29 is 13.2 Å². The van der Waals surface area contributed by atoms with Gasteiger partial charge in [0.05, 0.1) is 17.7 Å². The maximum Gasteiger partial charge on any atom is 0.264 e. The van der Waals surface area contributed by atoms with E-state index in [4.69, 9.17) is 4.74 Å². The zero-order valence-electron chi connectivity index (χ0n) is 19.4. The van der Waals surface area contributed by atoms with Crippen LogP contribution in [0.2, 0.25) is 0 Å². The maximum absolute atomic E-state index is 13.7. The van der Waals surface area contributed by atoms with Crippen molar-refractivity contribution in [2.75, 3.05) is 24.5 Å². The minimum atomic E-state index is -3.66. The number of hydrogen-bond donors (Lipinski definition) is 0. The van der Waals surface area contributed by atoms with Gasteiger partial charge in [0, 0.05) is 25.7 Å². The fraction of sp³-hybridized carbons (Fsp3) is 0.333. The molecule has 0 amide bonds. The van der Waals surface area contributed by atoms with E-state index in [0.29, 0.717) is 4.90 Å². The van der Waals surface area contributed by atoms with E-state index >= 15 is 0 Å². The molecule has 5 nitrogen and oxygen atoms in total. The van der Waals surface area contributed by atoms with Crippen LogP contribution in [0.15, 0.2) is 83.8 Å². The molecule has 1 fully saturated rings. The Hall–Kier alpha value is -2.83. The lowest BCUT2D eigenvalue weighted by atomic mass is 10.0. The van der Waals surface area contributed by atoms with Crippen molar-refractivity contribution >= 4 is 15.7 Å². The van der Waals surface area contributed by atoms with Crippen LogP contribution in [-0.2, 0) is 23.0 Å². The summed E-state index contributed by atoms with van der Waals surface area (Å²) in [4.78, 5) is 2.72. The van der Waals surface area contributed by atoms with Crippen LogP contribution in [-0.4, -0.2) is 39.6 Å². The lowest BCUT2D eigenvalue weighted by Gasteiger charge is -2.39. The minimum absolute atomic E-state index is 0.0794. The lowest BCUT2D eigenvalue weighted by molar-refractivity contribution is 0.206. The second-order valence-electron chi connectivity index (χ2n) is 8.49. The molecule has 0 aromatic heterocycles. The average molecular weight is 465 g/mol. The van der Waals surface area contributed by atoms with E-state index in [0.717, 1.165) is 50.3 Å². The Kier molecular flexibility index (Phi) is 7.36. The number of rotatable bonds is 8. The molecule has 0 radical (unpaired) electrons. The molecule has 1 aliphatic rings. The fourth-order valence-corrected chi connectivity index (χ4v) is 6.20. The minimum Gasteiger partial charge on any atom is -0.497 e. The predicted octanol–water partition coefficient (Wildman–Crippen LogP) is 5.12. The Balaban J connectivity index is 1.55. The standard InChI is InChI=1S/C27H32N2O3S/c1-3-22-12-14-24(15-13-22)29(33(30,31)27-10-5-4-6-11-27)25-16-18-28(19-17-25)21-23-8-7-9-26(20-23)32-2/h4-15,20,25H,3,16-19,21H2,1-2H3. The van der Waals surface area contributed by atoms with E-state index in [9.17, 15) is 8.42 Å². The second-order valence-corrected chi connectivity index (χ2v) is 10.3. The number of anilines is 1. The van der Waals surface area contributed by atoms with Gasteiger partial charge in [-0.25, -0.2) is 8.42 Å². The maximum atomic E-state index is 13.7. The van der Waals surface area contributed by atoms with Gasteiger partial charge in [0.1, 0.15) is 5.75 Å². The number of methoxy groups -OCH3 is 1. The van der Waals surface area contributed by atoms with Crippen molar-refractivity contribution in [2.45, 2.75) is 43.7 Å². The van der Waals surface area contributed by atoms with Crippen LogP contribution in [0.3, 0.4) is 0 Å². The summed E-state index contributed by atoms with van der Waals surface area (Å²) < 4.78 is 34.5. The van der Waals surface area contributed by atoms with Gasteiger partial charge in [0.15, 0.2) is 0 Å². The summed E-state index contributed by atoms with van der Waals surface area (Å²) in [5.41, 5.74) is 3.14. The van der Waals surface area contributed by atoms with Crippen molar-refractivity contribution in [3.63, 3.8) is 0 Å². The van der Waals surface area contributed by atoms with Gasteiger partial charge < -0.3 is 4.74 Å². The molecule has 1 saturated heterocycles. The number of likely N-dealkylation sites (tertiary alicyclic amines) is 1. The molecular weight excluding hydrogens is 432 g/mol. The van der Waals surface area contributed by atoms with Crippen LogP contribution in [0.25, 0.3) is 0 Å². The van der Waals surface area contributed by atoms with Crippen molar-refractivity contribution in [1.29, 1.82) is 0 Å². The highest BCUT2D eigenvalue weighted by Crippen LogP contribution is 2.31. The van der Waals surface area contributed by atoms with E-state index in [1.165, 1.54) is 11.1 Å². The number of sulfonamides is 1. The van der Waals surface area contributed by atoms with E-state index in [1.807, 2.05) is 42.5 Å². The quantitative estimate of drug-likeness (QED) is 0.464. The van der Waals surface area contributed by atoms with Gasteiger partial charge in [-0.3, -0.25) is 9.21 Å². The summed E-state index contributed by atoms with van der Waals surface area (Å²) in [6.07, 6.45) is 2.49.